The maximum Gasteiger partial charge on any atom is 0.303 e. The SMILES string of the molecule is O=C(O)CCC(=O)CCC(O)=C1CC1. The summed E-state index contributed by atoms with van der Waals surface area (Å²) < 4.78 is 0. The maximum absolute atomic E-state index is 11.1. The van der Waals surface area contributed by atoms with Crippen LogP contribution in [0.1, 0.15) is 38.5 Å². The van der Waals surface area contributed by atoms with Crippen molar-refractivity contribution in [2.24, 2.45) is 0 Å². The lowest BCUT2D eigenvalue weighted by atomic mass is 10.1. The summed E-state index contributed by atoms with van der Waals surface area (Å²) in [5.41, 5.74) is 1.04. The third-order valence-corrected chi connectivity index (χ3v) is 2.17. The summed E-state index contributed by atoms with van der Waals surface area (Å²) in [6, 6.07) is 0. The minimum absolute atomic E-state index is 0.0674. The van der Waals surface area contributed by atoms with E-state index in [1.54, 1.807) is 0 Å². The van der Waals surface area contributed by atoms with Crippen molar-refractivity contribution < 1.29 is 19.8 Å². The molecule has 1 saturated carbocycles. The second-order valence-corrected chi connectivity index (χ2v) is 3.48. The first kappa shape index (κ1) is 10.8. The largest absolute Gasteiger partial charge is 0.512 e. The van der Waals surface area contributed by atoms with Gasteiger partial charge in [0.2, 0.25) is 0 Å². The number of carboxylic acids is 1. The topological polar surface area (TPSA) is 74.6 Å². The lowest BCUT2D eigenvalue weighted by molar-refractivity contribution is -0.138. The normalized spacial score (nSPS) is 13.9. The van der Waals surface area contributed by atoms with E-state index in [4.69, 9.17) is 5.11 Å². The number of aliphatic carboxylic acids is 1. The Labute approximate surface area is 82.2 Å². The van der Waals surface area contributed by atoms with Crippen LogP contribution in [0.25, 0.3) is 0 Å². The summed E-state index contributed by atoms with van der Waals surface area (Å²) in [5, 5.41) is 17.7. The minimum Gasteiger partial charge on any atom is -0.512 e. The molecular formula is C10H14O4. The van der Waals surface area contributed by atoms with E-state index in [0.717, 1.165) is 18.4 Å². The number of hydrogen-bond donors (Lipinski definition) is 2. The van der Waals surface area contributed by atoms with E-state index in [0.29, 0.717) is 12.2 Å². The van der Waals surface area contributed by atoms with Crippen molar-refractivity contribution in [2.75, 3.05) is 0 Å². The van der Waals surface area contributed by atoms with Crippen molar-refractivity contribution in [1.82, 2.24) is 0 Å². The fourth-order valence-electron chi connectivity index (χ4n) is 1.16. The van der Waals surface area contributed by atoms with Gasteiger partial charge in [0.05, 0.1) is 12.2 Å². The molecule has 0 aliphatic heterocycles. The summed E-state index contributed by atoms with van der Waals surface area (Å²) in [7, 11) is 0. The Bertz CT molecular complexity index is 272. The number of ketones is 1. The number of hydrogen-bond acceptors (Lipinski definition) is 3. The van der Waals surface area contributed by atoms with Crippen LogP contribution in [0, 0.1) is 0 Å². The molecule has 78 valence electrons. The Kier molecular flexibility index (Phi) is 3.68. The van der Waals surface area contributed by atoms with Crippen molar-refractivity contribution in [3.05, 3.63) is 11.3 Å². The van der Waals surface area contributed by atoms with E-state index in [2.05, 4.69) is 0 Å². The molecule has 1 fully saturated rings. The Hall–Kier alpha value is -1.32. The highest BCUT2D eigenvalue weighted by molar-refractivity contribution is 5.82. The lowest BCUT2D eigenvalue weighted by Gasteiger charge is -1.98. The van der Waals surface area contributed by atoms with Gasteiger partial charge in [-0.1, -0.05) is 0 Å². The van der Waals surface area contributed by atoms with Crippen molar-refractivity contribution in [2.45, 2.75) is 38.5 Å². The molecule has 1 aliphatic rings. The van der Waals surface area contributed by atoms with Crippen molar-refractivity contribution in [1.29, 1.82) is 0 Å². The van der Waals surface area contributed by atoms with Crippen LogP contribution in [-0.2, 0) is 9.59 Å². The maximum atomic E-state index is 11.1. The molecule has 2 N–H and O–H groups in total. The second-order valence-electron chi connectivity index (χ2n) is 3.48. The molecule has 0 saturated heterocycles. The van der Waals surface area contributed by atoms with Crippen LogP contribution in [0.15, 0.2) is 11.3 Å². The number of aliphatic hydroxyl groups excluding tert-OH is 1. The van der Waals surface area contributed by atoms with Crippen LogP contribution in [0.5, 0.6) is 0 Å². The predicted molar refractivity (Wildman–Crippen MR) is 50.0 cm³/mol. The van der Waals surface area contributed by atoms with Gasteiger partial charge in [-0.15, -0.1) is 0 Å². The van der Waals surface area contributed by atoms with E-state index in [1.807, 2.05) is 0 Å². The smallest absolute Gasteiger partial charge is 0.303 e. The first-order valence-corrected chi connectivity index (χ1v) is 4.73. The molecule has 14 heavy (non-hydrogen) atoms. The number of carbonyl (C=O) groups is 2. The van der Waals surface area contributed by atoms with E-state index >= 15 is 0 Å². The van der Waals surface area contributed by atoms with E-state index in [9.17, 15) is 14.7 Å². The summed E-state index contributed by atoms with van der Waals surface area (Å²) in [4.78, 5) is 21.2. The van der Waals surface area contributed by atoms with Gasteiger partial charge in [0.15, 0.2) is 0 Å². The molecule has 1 rings (SSSR count). The van der Waals surface area contributed by atoms with Gasteiger partial charge in [-0.05, 0) is 18.4 Å². The highest BCUT2D eigenvalue weighted by Crippen LogP contribution is 2.32. The molecule has 0 aromatic heterocycles. The van der Waals surface area contributed by atoms with Crippen molar-refractivity contribution in [3.63, 3.8) is 0 Å². The highest BCUT2D eigenvalue weighted by Gasteiger charge is 2.17. The van der Waals surface area contributed by atoms with Crippen molar-refractivity contribution >= 4 is 11.8 Å². The molecule has 1 aliphatic carbocycles. The number of rotatable bonds is 6. The highest BCUT2D eigenvalue weighted by atomic mass is 16.4. The van der Waals surface area contributed by atoms with Crippen LogP contribution >= 0.6 is 0 Å². The fourth-order valence-corrected chi connectivity index (χ4v) is 1.16. The molecule has 0 bridgehead atoms. The molecule has 0 spiro atoms. The third kappa shape index (κ3) is 4.07. The zero-order chi connectivity index (χ0) is 10.6. The van der Waals surface area contributed by atoms with Crippen LogP contribution < -0.4 is 0 Å². The van der Waals surface area contributed by atoms with Gasteiger partial charge in [0, 0.05) is 19.3 Å². The number of allylic oxidation sites excluding steroid dienone is 2. The number of carboxylic acid groups (broad SMARTS) is 1. The lowest BCUT2D eigenvalue weighted by Crippen LogP contribution is -2.03. The first-order valence-electron chi connectivity index (χ1n) is 4.73. The zero-order valence-corrected chi connectivity index (χ0v) is 7.95. The van der Waals surface area contributed by atoms with Crippen LogP contribution in [0.4, 0.5) is 0 Å². The Morgan fingerprint density at radius 2 is 1.57 bits per heavy atom. The average Bonchev–Trinajstić information content (AvgIpc) is 2.93. The standard InChI is InChI=1S/C10H14O4/c11-8(4-6-10(13)14)3-5-9(12)7-1-2-7/h12H,1-6H2,(H,13,14). The molecule has 0 heterocycles. The predicted octanol–water partition coefficient (Wildman–Crippen LogP) is 1.81. The number of aliphatic hydroxyl groups is 1. The first-order chi connectivity index (χ1) is 6.59. The average molecular weight is 198 g/mol. The third-order valence-electron chi connectivity index (χ3n) is 2.17. The summed E-state index contributed by atoms with van der Waals surface area (Å²) in [6.07, 6.45) is 2.45. The van der Waals surface area contributed by atoms with Crippen LogP contribution in [-0.4, -0.2) is 22.0 Å². The van der Waals surface area contributed by atoms with Gasteiger partial charge in [-0.2, -0.15) is 0 Å². The summed E-state index contributed by atoms with van der Waals surface area (Å²) in [6.45, 7) is 0. The summed E-state index contributed by atoms with van der Waals surface area (Å²) >= 11 is 0. The molecular weight excluding hydrogens is 184 g/mol. The quantitative estimate of drug-likeness (QED) is 0.638. The fraction of sp³-hybridized carbons (Fsp3) is 0.600. The van der Waals surface area contributed by atoms with Crippen LogP contribution in [0.2, 0.25) is 0 Å². The Balaban J connectivity index is 2.15. The Morgan fingerprint density at radius 3 is 2.07 bits per heavy atom. The second kappa shape index (κ2) is 4.79. The molecule has 4 heteroatoms. The van der Waals surface area contributed by atoms with Crippen LogP contribution in [0.3, 0.4) is 0 Å². The van der Waals surface area contributed by atoms with Gasteiger partial charge in [0.25, 0.3) is 0 Å². The molecule has 0 unspecified atom stereocenters. The molecule has 0 aromatic rings. The number of Topliss-reactive ketones (excluding diaryl/α,β-unsaturated/α-hetero) is 1. The monoisotopic (exact) mass is 198 g/mol. The van der Waals surface area contributed by atoms with Gasteiger partial charge < -0.3 is 10.2 Å². The molecule has 0 atom stereocenters. The van der Waals surface area contributed by atoms with Gasteiger partial charge in [-0.25, -0.2) is 0 Å². The minimum atomic E-state index is -0.955. The molecule has 0 aromatic carbocycles. The zero-order valence-electron chi connectivity index (χ0n) is 7.95. The molecule has 0 radical (unpaired) electrons. The van der Waals surface area contributed by atoms with E-state index in [1.165, 1.54) is 0 Å². The van der Waals surface area contributed by atoms with Crippen molar-refractivity contribution in [3.8, 4) is 0 Å². The van der Waals surface area contributed by atoms with Gasteiger partial charge >= 0.3 is 5.97 Å². The number of carbonyl (C=O) groups excluding carboxylic acids is 1. The summed E-state index contributed by atoms with van der Waals surface area (Å²) in [5.74, 6) is -0.725. The van der Waals surface area contributed by atoms with Gasteiger partial charge in [-0.3, -0.25) is 9.59 Å². The molecule has 0 amide bonds. The van der Waals surface area contributed by atoms with E-state index < -0.39 is 5.97 Å². The van der Waals surface area contributed by atoms with Gasteiger partial charge in [0.1, 0.15) is 5.78 Å². The Morgan fingerprint density at radius 1 is 1.00 bits per heavy atom. The van der Waals surface area contributed by atoms with E-state index in [-0.39, 0.29) is 25.0 Å². The molecule has 4 nitrogen and oxygen atoms in total.